The number of amides is 2. The number of nitrogens with one attached hydrogen (secondary N) is 1. The number of rotatable bonds is 4. The number of hydrogen-bond donors (Lipinski definition) is 1. The van der Waals surface area contributed by atoms with Crippen LogP contribution in [0.5, 0.6) is 5.75 Å². The van der Waals surface area contributed by atoms with Crippen LogP contribution in [0, 0.1) is 0 Å². The summed E-state index contributed by atoms with van der Waals surface area (Å²) in [5, 5.41) is 2.78. The van der Waals surface area contributed by atoms with Gasteiger partial charge >= 0.3 is 18.0 Å². The van der Waals surface area contributed by atoms with Gasteiger partial charge in [-0.15, -0.1) is 0 Å². The van der Waals surface area contributed by atoms with Gasteiger partial charge in [-0.2, -0.15) is 0 Å². The fourth-order valence-corrected chi connectivity index (χ4v) is 2.93. The molecule has 1 aliphatic rings. The molecule has 2 amide bonds. The predicted molar refractivity (Wildman–Crippen MR) is 102 cm³/mol. The standard InChI is InChI=1S/C21H20N2O5/c1-13-17(20(25)27-3)18(22-21(26)23(13)2)14-9-11-16(12-10-14)28-19(24)15-7-5-4-6-8-15/h4-12,18H,1-3H3,(H,22,26)/t18-/m0/s1. The van der Waals surface area contributed by atoms with E-state index in [1.807, 2.05) is 6.07 Å². The zero-order valence-corrected chi connectivity index (χ0v) is 15.8. The molecule has 0 fully saturated rings. The van der Waals surface area contributed by atoms with Crippen LogP contribution in [0.1, 0.15) is 28.9 Å². The highest BCUT2D eigenvalue weighted by atomic mass is 16.5. The molecule has 0 saturated carbocycles. The quantitative estimate of drug-likeness (QED) is 0.651. The molecule has 0 spiro atoms. The second-order valence-electron chi connectivity index (χ2n) is 6.26. The SMILES string of the molecule is COC(=O)C1=C(C)N(C)C(=O)N[C@H]1c1ccc(OC(=O)c2ccccc2)cc1. The van der Waals surface area contributed by atoms with Crippen LogP contribution in [0.3, 0.4) is 0 Å². The fraction of sp³-hybridized carbons (Fsp3) is 0.190. The number of carbonyl (C=O) groups is 3. The molecule has 0 radical (unpaired) electrons. The number of esters is 2. The van der Waals surface area contributed by atoms with Crippen LogP contribution in [0.15, 0.2) is 65.9 Å². The summed E-state index contributed by atoms with van der Waals surface area (Å²) in [5.41, 5.74) is 1.97. The number of urea groups is 1. The lowest BCUT2D eigenvalue weighted by Crippen LogP contribution is -2.46. The molecular weight excluding hydrogens is 360 g/mol. The van der Waals surface area contributed by atoms with Crippen molar-refractivity contribution in [2.75, 3.05) is 14.2 Å². The third-order valence-electron chi connectivity index (χ3n) is 4.59. The summed E-state index contributed by atoms with van der Waals surface area (Å²) in [7, 11) is 2.87. The minimum atomic E-state index is -0.657. The Hall–Kier alpha value is -3.61. The molecule has 28 heavy (non-hydrogen) atoms. The van der Waals surface area contributed by atoms with Gasteiger partial charge < -0.3 is 19.7 Å². The van der Waals surface area contributed by atoms with Crippen molar-refractivity contribution in [1.29, 1.82) is 0 Å². The Morgan fingerprint density at radius 3 is 2.25 bits per heavy atom. The van der Waals surface area contributed by atoms with E-state index in [0.29, 0.717) is 28.1 Å². The third-order valence-corrected chi connectivity index (χ3v) is 4.59. The summed E-state index contributed by atoms with van der Waals surface area (Å²) >= 11 is 0. The number of nitrogens with zero attached hydrogens (tertiary/aromatic N) is 1. The van der Waals surface area contributed by atoms with Crippen LogP contribution >= 0.6 is 0 Å². The largest absolute Gasteiger partial charge is 0.466 e. The van der Waals surface area contributed by atoms with E-state index >= 15 is 0 Å². The van der Waals surface area contributed by atoms with Crippen LogP contribution in [0.2, 0.25) is 0 Å². The molecule has 7 nitrogen and oxygen atoms in total. The zero-order valence-electron chi connectivity index (χ0n) is 15.8. The number of allylic oxidation sites excluding steroid dienone is 1. The summed E-state index contributed by atoms with van der Waals surface area (Å²) in [6.45, 7) is 1.69. The summed E-state index contributed by atoms with van der Waals surface area (Å²) < 4.78 is 10.2. The van der Waals surface area contributed by atoms with E-state index in [4.69, 9.17) is 9.47 Å². The highest BCUT2D eigenvalue weighted by Gasteiger charge is 2.34. The molecule has 2 aromatic carbocycles. The second-order valence-corrected chi connectivity index (χ2v) is 6.26. The normalized spacial score (nSPS) is 16.5. The van der Waals surface area contributed by atoms with Crippen molar-refractivity contribution in [2.45, 2.75) is 13.0 Å². The molecule has 1 atom stereocenters. The monoisotopic (exact) mass is 380 g/mol. The third kappa shape index (κ3) is 3.73. The topological polar surface area (TPSA) is 84.9 Å². The minimum absolute atomic E-state index is 0.324. The lowest BCUT2D eigenvalue weighted by Gasteiger charge is -2.33. The Bertz CT molecular complexity index is 935. The molecule has 3 rings (SSSR count). The Morgan fingerprint density at radius 2 is 1.64 bits per heavy atom. The Kier molecular flexibility index (Phi) is 5.44. The Labute approximate surface area is 162 Å². The molecule has 0 aromatic heterocycles. The van der Waals surface area contributed by atoms with Crippen LogP contribution in [-0.4, -0.2) is 37.0 Å². The number of carbonyl (C=O) groups excluding carboxylic acids is 3. The van der Waals surface area contributed by atoms with Crippen molar-refractivity contribution in [3.05, 3.63) is 77.0 Å². The van der Waals surface area contributed by atoms with Crippen molar-refractivity contribution < 1.29 is 23.9 Å². The van der Waals surface area contributed by atoms with Crippen LogP contribution in [-0.2, 0) is 9.53 Å². The maximum atomic E-state index is 12.3. The van der Waals surface area contributed by atoms with Gasteiger partial charge in [0, 0.05) is 12.7 Å². The number of ether oxygens (including phenoxy) is 2. The average molecular weight is 380 g/mol. The minimum Gasteiger partial charge on any atom is -0.466 e. The molecule has 144 valence electrons. The van der Waals surface area contributed by atoms with E-state index < -0.39 is 18.0 Å². The number of hydrogen-bond acceptors (Lipinski definition) is 5. The lowest BCUT2D eigenvalue weighted by atomic mass is 9.95. The van der Waals surface area contributed by atoms with Crippen molar-refractivity contribution in [2.24, 2.45) is 0 Å². The first kappa shape index (κ1) is 19.2. The summed E-state index contributed by atoms with van der Waals surface area (Å²) in [4.78, 5) is 37.9. The first-order valence-corrected chi connectivity index (χ1v) is 8.63. The van der Waals surface area contributed by atoms with Gasteiger partial charge in [-0.1, -0.05) is 30.3 Å². The van der Waals surface area contributed by atoms with Gasteiger partial charge in [-0.25, -0.2) is 14.4 Å². The fourth-order valence-electron chi connectivity index (χ4n) is 2.93. The number of methoxy groups -OCH3 is 1. The smallest absolute Gasteiger partial charge is 0.343 e. The molecule has 0 bridgehead atoms. The van der Waals surface area contributed by atoms with Crippen LogP contribution in [0.25, 0.3) is 0 Å². The van der Waals surface area contributed by atoms with Gasteiger partial charge in [0.05, 0.1) is 24.3 Å². The van der Waals surface area contributed by atoms with E-state index in [0.717, 1.165) is 0 Å². The lowest BCUT2D eigenvalue weighted by molar-refractivity contribution is -0.136. The highest BCUT2D eigenvalue weighted by molar-refractivity contribution is 5.95. The van der Waals surface area contributed by atoms with Gasteiger partial charge in [0.2, 0.25) is 0 Å². The van der Waals surface area contributed by atoms with E-state index in [1.54, 1.807) is 62.5 Å². The molecule has 1 aliphatic heterocycles. The molecule has 7 heteroatoms. The summed E-state index contributed by atoms with van der Waals surface area (Å²) in [5.74, 6) is -0.627. The van der Waals surface area contributed by atoms with Gasteiger partial charge in [-0.05, 0) is 36.8 Å². The van der Waals surface area contributed by atoms with E-state index in [-0.39, 0.29) is 6.03 Å². The maximum absolute atomic E-state index is 12.3. The van der Waals surface area contributed by atoms with Gasteiger partial charge in [0.25, 0.3) is 0 Å². The van der Waals surface area contributed by atoms with Crippen LogP contribution in [0.4, 0.5) is 4.79 Å². The maximum Gasteiger partial charge on any atom is 0.343 e. The van der Waals surface area contributed by atoms with Crippen molar-refractivity contribution in [3.63, 3.8) is 0 Å². The van der Waals surface area contributed by atoms with E-state index in [2.05, 4.69) is 5.32 Å². The first-order valence-electron chi connectivity index (χ1n) is 8.63. The summed E-state index contributed by atoms with van der Waals surface area (Å²) in [6.07, 6.45) is 0. The van der Waals surface area contributed by atoms with Gasteiger partial charge in [0.1, 0.15) is 5.75 Å². The zero-order chi connectivity index (χ0) is 20.3. The van der Waals surface area contributed by atoms with Gasteiger partial charge in [-0.3, -0.25) is 0 Å². The predicted octanol–water partition coefficient (Wildman–Crippen LogP) is 3.05. The van der Waals surface area contributed by atoms with Crippen LogP contribution < -0.4 is 10.1 Å². The first-order chi connectivity index (χ1) is 13.4. The second kappa shape index (κ2) is 7.96. The van der Waals surface area contributed by atoms with Crippen molar-refractivity contribution >= 4 is 18.0 Å². The molecule has 1 heterocycles. The molecule has 0 aliphatic carbocycles. The Morgan fingerprint density at radius 1 is 1.00 bits per heavy atom. The number of benzene rings is 2. The van der Waals surface area contributed by atoms with Crippen molar-refractivity contribution in [1.82, 2.24) is 10.2 Å². The Balaban J connectivity index is 1.84. The van der Waals surface area contributed by atoms with Crippen molar-refractivity contribution in [3.8, 4) is 5.75 Å². The van der Waals surface area contributed by atoms with E-state index in [9.17, 15) is 14.4 Å². The molecule has 2 aromatic rings. The average Bonchev–Trinajstić information content (AvgIpc) is 2.72. The molecular formula is C21H20N2O5. The summed E-state index contributed by atoms with van der Waals surface area (Å²) in [6, 6.07) is 14.3. The molecule has 0 saturated heterocycles. The highest BCUT2D eigenvalue weighted by Crippen LogP contribution is 2.31. The van der Waals surface area contributed by atoms with E-state index in [1.165, 1.54) is 12.0 Å². The molecule has 0 unspecified atom stereocenters. The molecule has 1 N–H and O–H groups in total. The van der Waals surface area contributed by atoms with Gasteiger partial charge in [0.15, 0.2) is 0 Å².